The number of esters is 1. The normalized spacial score (nSPS) is 13.2. The van der Waals surface area contributed by atoms with E-state index in [2.05, 4.69) is 52.5 Å². The van der Waals surface area contributed by atoms with Crippen LogP contribution in [0.3, 0.4) is 0 Å². The minimum atomic E-state index is -3.93. The molecule has 0 radical (unpaired) electrons. The summed E-state index contributed by atoms with van der Waals surface area (Å²) in [4.78, 5) is 11.3. The van der Waals surface area contributed by atoms with Crippen molar-refractivity contribution in [3.05, 3.63) is 25.0 Å². The number of phenolic OH excluding ortho intramolecular Hbond substituents is 1. The maximum absolute atomic E-state index is 13.9. The van der Waals surface area contributed by atoms with Crippen LogP contribution in [0.5, 0.6) is 5.75 Å². The molecule has 0 amide bonds. The largest absolute Gasteiger partial charge is 0.506 e. The number of aromatic hydroxyl groups is 1. The Balaban J connectivity index is 3.31. The first-order valence-electron chi connectivity index (χ1n) is 5.31. The van der Waals surface area contributed by atoms with E-state index in [1.807, 2.05) is 0 Å². The van der Waals surface area contributed by atoms with Crippen molar-refractivity contribution in [3.8, 4) is 5.75 Å². The van der Waals surface area contributed by atoms with Crippen LogP contribution in [0, 0.1) is 0 Å². The molecule has 0 aliphatic carbocycles. The average Bonchev–Trinajstić information content (AvgIpc) is 2.36. The molecule has 0 heterocycles. The number of halogens is 5. The summed E-state index contributed by atoms with van der Waals surface area (Å²) in [7, 11) is 0. The summed E-state index contributed by atoms with van der Waals surface area (Å²) in [6.45, 7) is 1.23. The first-order chi connectivity index (χ1) is 9.14. The lowest BCUT2D eigenvalue weighted by Gasteiger charge is -2.24. The van der Waals surface area contributed by atoms with Crippen molar-refractivity contribution >= 4 is 53.8 Å². The molecule has 1 atom stereocenters. The second-order valence-electron chi connectivity index (χ2n) is 3.74. The topological polar surface area (TPSA) is 72.5 Å². The third kappa shape index (κ3) is 3.32. The van der Waals surface area contributed by atoms with Gasteiger partial charge in [0, 0.05) is 10.0 Å². The minimum Gasteiger partial charge on any atom is -0.506 e. The Kier molecular flexibility index (Phi) is 5.94. The van der Waals surface area contributed by atoms with Crippen LogP contribution in [0.2, 0.25) is 0 Å². The summed E-state index contributed by atoms with van der Waals surface area (Å²) in [5.74, 6) is -5.94. The Morgan fingerprint density at radius 1 is 1.45 bits per heavy atom. The fourth-order valence-electron chi connectivity index (χ4n) is 1.42. The van der Waals surface area contributed by atoms with E-state index in [4.69, 9.17) is 5.73 Å². The van der Waals surface area contributed by atoms with Crippen molar-refractivity contribution in [2.75, 3.05) is 6.61 Å². The Labute approximate surface area is 139 Å². The SMILES string of the molecule is CCOC(=O)C(F)(F)[C@H](N)c1c(Br)cc(Br)c(O)c1Br. The van der Waals surface area contributed by atoms with Gasteiger partial charge in [-0.25, -0.2) is 4.79 Å². The fourth-order valence-corrected chi connectivity index (χ4v) is 4.03. The molecule has 0 saturated heterocycles. The quantitative estimate of drug-likeness (QED) is 0.640. The zero-order valence-electron chi connectivity index (χ0n) is 10.1. The van der Waals surface area contributed by atoms with Gasteiger partial charge in [0.2, 0.25) is 0 Å². The Bertz CT molecular complexity index is 540. The molecule has 4 nitrogen and oxygen atoms in total. The smallest absolute Gasteiger partial charge is 0.379 e. The van der Waals surface area contributed by atoms with E-state index < -0.39 is 17.9 Å². The highest BCUT2D eigenvalue weighted by Gasteiger charge is 2.49. The lowest BCUT2D eigenvalue weighted by molar-refractivity contribution is -0.174. The van der Waals surface area contributed by atoms with Crippen LogP contribution in [0.4, 0.5) is 8.78 Å². The molecule has 0 spiro atoms. The van der Waals surface area contributed by atoms with Crippen molar-refractivity contribution in [1.82, 2.24) is 0 Å². The van der Waals surface area contributed by atoms with Gasteiger partial charge in [-0.15, -0.1) is 0 Å². The standard InChI is InChI=1S/C11H10Br3F2NO3/c1-2-20-10(19)11(15,16)9(17)6-4(12)3-5(13)8(18)7(6)14/h3,9,18H,2,17H2,1H3/t9-/m1/s1. The Morgan fingerprint density at radius 3 is 2.50 bits per heavy atom. The number of rotatable bonds is 4. The van der Waals surface area contributed by atoms with Crippen LogP contribution >= 0.6 is 47.8 Å². The lowest BCUT2D eigenvalue weighted by Crippen LogP contribution is -2.42. The highest BCUT2D eigenvalue weighted by molar-refractivity contribution is 9.11. The number of hydrogen-bond donors (Lipinski definition) is 2. The molecule has 0 aromatic heterocycles. The maximum atomic E-state index is 13.9. The fraction of sp³-hybridized carbons (Fsp3) is 0.364. The zero-order chi connectivity index (χ0) is 15.7. The van der Waals surface area contributed by atoms with Crippen LogP contribution < -0.4 is 5.73 Å². The minimum absolute atomic E-state index is 0.0322. The first kappa shape index (κ1) is 17.8. The van der Waals surface area contributed by atoms with Crippen LogP contribution in [-0.2, 0) is 9.53 Å². The van der Waals surface area contributed by atoms with E-state index in [0.717, 1.165) is 0 Å². The van der Waals surface area contributed by atoms with E-state index in [1.54, 1.807) is 0 Å². The highest BCUT2D eigenvalue weighted by Crippen LogP contribution is 2.45. The van der Waals surface area contributed by atoms with E-state index in [-0.39, 0.29) is 31.3 Å². The molecule has 0 bridgehead atoms. The van der Waals surface area contributed by atoms with Crippen molar-refractivity contribution in [1.29, 1.82) is 0 Å². The summed E-state index contributed by atoms with van der Waals surface area (Å²) in [6.07, 6.45) is 0. The average molecular weight is 482 g/mol. The molecule has 0 unspecified atom stereocenters. The van der Waals surface area contributed by atoms with Gasteiger partial charge < -0.3 is 15.6 Å². The molecule has 9 heteroatoms. The van der Waals surface area contributed by atoms with E-state index >= 15 is 0 Å². The predicted molar refractivity (Wildman–Crippen MR) is 79.7 cm³/mol. The van der Waals surface area contributed by atoms with Crippen molar-refractivity contribution in [2.24, 2.45) is 5.73 Å². The summed E-state index contributed by atoms with van der Waals surface area (Å²) < 4.78 is 32.7. The van der Waals surface area contributed by atoms with E-state index in [1.165, 1.54) is 13.0 Å². The number of carbonyl (C=O) groups excluding carboxylic acids is 1. The van der Waals surface area contributed by atoms with Gasteiger partial charge in [0.05, 0.1) is 15.6 Å². The van der Waals surface area contributed by atoms with Gasteiger partial charge in [-0.2, -0.15) is 8.78 Å². The van der Waals surface area contributed by atoms with Crippen LogP contribution in [-0.4, -0.2) is 23.6 Å². The van der Waals surface area contributed by atoms with Crippen LogP contribution in [0.25, 0.3) is 0 Å². The monoisotopic (exact) mass is 479 g/mol. The van der Waals surface area contributed by atoms with Gasteiger partial charge in [0.1, 0.15) is 11.8 Å². The molecule has 3 N–H and O–H groups in total. The molecule has 112 valence electrons. The molecule has 1 aromatic carbocycles. The molecule has 0 saturated carbocycles. The highest BCUT2D eigenvalue weighted by atomic mass is 79.9. The molecule has 1 aromatic rings. The molecular weight excluding hydrogens is 472 g/mol. The van der Waals surface area contributed by atoms with Crippen molar-refractivity contribution in [2.45, 2.75) is 18.9 Å². The van der Waals surface area contributed by atoms with Gasteiger partial charge >= 0.3 is 11.9 Å². The van der Waals surface area contributed by atoms with Gasteiger partial charge in [-0.1, -0.05) is 15.9 Å². The van der Waals surface area contributed by atoms with Gasteiger partial charge in [-0.3, -0.25) is 0 Å². The summed E-state index contributed by atoms with van der Waals surface area (Å²) in [6, 6.07) is -0.624. The molecule has 1 rings (SSSR count). The van der Waals surface area contributed by atoms with Gasteiger partial charge in [0.15, 0.2) is 0 Å². The number of alkyl halides is 2. The first-order valence-corrected chi connectivity index (χ1v) is 7.69. The number of phenols is 1. The Hall–Kier alpha value is -0.250. The summed E-state index contributed by atoms with van der Waals surface area (Å²) >= 11 is 9.12. The number of hydrogen-bond acceptors (Lipinski definition) is 4. The van der Waals surface area contributed by atoms with E-state index in [0.29, 0.717) is 0 Å². The summed E-state index contributed by atoms with van der Waals surface area (Å²) in [5, 5.41) is 9.74. The molecular formula is C11H10Br3F2NO3. The second-order valence-corrected chi connectivity index (χ2v) is 6.24. The number of nitrogens with two attached hydrogens (primary N) is 1. The molecule has 20 heavy (non-hydrogen) atoms. The van der Waals surface area contributed by atoms with Crippen LogP contribution in [0.15, 0.2) is 19.5 Å². The third-order valence-electron chi connectivity index (χ3n) is 2.43. The maximum Gasteiger partial charge on any atom is 0.379 e. The zero-order valence-corrected chi connectivity index (χ0v) is 14.9. The van der Waals surface area contributed by atoms with Gasteiger partial charge in [0.25, 0.3) is 0 Å². The van der Waals surface area contributed by atoms with Crippen molar-refractivity contribution < 1.29 is 23.4 Å². The number of carbonyl (C=O) groups is 1. The third-order valence-corrected chi connectivity index (χ3v) is 4.49. The van der Waals surface area contributed by atoms with E-state index in [9.17, 15) is 18.7 Å². The molecule has 0 fully saturated rings. The number of ether oxygens (including phenoxy) is 1. The molecule has 0 aliphatic rings. The summed E-state index contributed by atoms with van der Waals surface area (Å²) in [5.41, 5.74) is 5.35. The Morgan fingerprint density at radius 2 is 2.00 bits per heavy atom. The predicted octanol–water partition coefficient (Wildman–Crippen LogP) is 3.88. The second kappa shape index (κ2) is 6.67. The van der Waals surface area contributed by atoms with Gasteiger partial charge in [-0.05, 0) is 44.8 Å². The lowest BCUT2D eigenvalue weighted by atomic mass is 10.0. The van der Waals surface area contributed by atoms with Crippen molar-refractivity contribution in [3.63, 3.8) is 0 Å². The number of benzene rings is 1. The molecule has 0 aliphatic heterocycles. The van der Waals surface area contributed by atoms with Crippen LogP contribution in [0.1, 0.15) is 18.5 Å².